The second-order valence-corrected chi connectivity index (χ2v) is 8.80. The van der Waals surface area contributed by atoms with Crippen molar-refractivity contribution in [3.05, 3.63) is 45.4 Å². The summed E-state index contributed by atoms with van der Waals surface area (Å²) >= 11 is 1.08. The van der Waals surface area contributed by atoms with Crippen molar-refractivity contribution in [3.8, 4) is 28.8 Å². The number of hydrogen-bond acceptors (Lipinski definition) is 8. The van der Waals surface area contributed by atoms with Crippen LogP contribution in [-0.4, -0.2) is 32.7 Å². The summed E-state index contributed by atoms with van der Waals surface area (Å²) in [5, 5.41) is 15.0. The minimum Gasteiger partial charge on any atom is -0.489 e. The van der Waals surface area contributed by atoms with Gasteiger partial charge in [0.1, 0.15) is 18.0 Å². The van der Waals surface area contributed by atoms with Crippen LogP contribution in [0.4, 0.5) is 0 Å². The third kappa shape index (κ3) is 3.05. The van der Waals surface area contributed by atoms with Crippen molar-refractivity contribution in [1.82, 2.24) is 15.1 Å². The number of carbonyl (C=O) groups is 1. The fourth-order valence-electron chi connectivity index (χ4n) is 3.39. The molecule has 0 bridgehead atoms. The molecular formula is C21H18N4O4S. The Morgan fingerprint density at radius 2 is 2.13 bits per heavy atom. The van der Waals surface area contributed by atoms with Gasteiger partial charge in [0.15, 0.2) is 10.8 Å². The number of benzene rings is 1. The summed E-state index contributed by atoms with van der Waals surface area (Å²) in [6.07, 6.45) is 1.77. The molecule has 5 rings (SSSR count). The monoisotopic (exact) mass is 422 g/mol. The van der Waals surface area contributed by atoms with Crippen molar-refractivity contribution in [2.45, 2.75) is 37.7 Å². The lowest BCUT2D eigenvalue weighted by molar-refractivity contribution is 0.0132. The van der Waals surface area contributed by atoms with Gasteiger partial charge < -0.3 is 20.1 Å². The van der Waals surface area contributed by atoms with Crippen LogP contribution in [0.25, 0.3) is 11.3 Å². The lowest BCUT2D eigenvalue weighted by atomic mass is 10.00. The van der Waals surface area contributed by atoms with E-state index in [2.05, 4.69) is 27.0 Å². The van der Waals surface area contributed by atoms with Gasteiger partial charge in [0.05, 0.1) is 16.0 Å². The predicted octanol–water partition coefficient (Wildman–Crippen LogP) is 2.28. The number of thiazole rings is 1. The van der Waals surface area contributed by atoms with E-state index in [1.165, 1.54) is 0 Å². The first-order chi connectivity index (χ1) is 14.3. The number of aliphatic hydroxyl groups is 1. The number of nitrogens with two attached hydrogens (primary N) is 1. The highest BCUT2D eigenvalue weighted by molar-refractivity contribution is 7.14. The van der Waals surface area contributed by atoms with Gasteiger partial charge in [0.2, 0.25) is 5.89 Å². The van der Waals surface area contributed by atoms with Crippen LogP contribution in [0.1, 0.15) is 51.7 Å². The molecule has 2 aliphatic rings. The number of carbonyl (C=O) groups excluding carboxylic acids is 1. The number of aryl methyl sites for hydroxylation is 1. The molecule has 3 aromatic rings. The van der Waals surface area contributed by atoms with Gasteiger partial charge in [-0.15, -0.1) is 11.3 Å². The van der Waals surface area contributed by atoms with Crippen molar-refractivity contribution in [2.24, 2.45) is 5.73 Å². The second-order valence-electron chi connectivity index (χ2n) is 7.80. The number of ether oxygens (including phenoxy) is 1. The van der Waals surface area contributed by atoms with E-state index in [-0.39, 0.29) is 17.0 Å². The standard InChI is InChI=1S/C21H18N4O4S/c1-11-23-19(25-29-11)21(7-8-21)6-5-12-3-4-14-13(9-12)15-16(20(2,27)10-28-14)30-18(24-15)17(22)26/h3-4,9,27H,7-8,10H2,1-2H3,(H2,22,26)/t20-/m1/s1. The van der Waals surface area contributed by atoms with E-state index in [4.69, 9.17) is 15.0 Å². The molecule has 2 aromatic heterocycles. The van der Waals surface area contributed by atoms with Crippen molar-refractivity contribution in [1.29, 1.82) is 0 Å². The van der Waals surface area contributed by atoms with Crippen LogP contribution >= 0.6 is 11.3 Å². The molecule has 3 N–H and O–H groups in total. The van der Waals surface area contributed by atoms with Gasteiger partial charge >= 0.3 is 0 Å². The minimum absolute atomic E-state index is 0.0404. The van der Waals surface area contributed by atoms with Gasteiger partial charge in [0.25, 0.3) is 5.91 Å². The Kier molecular flexibility index (Phi) is 4.00. The molecule has 0 saturated heterocycles. The van der Waals surface area contributed by atoms with Crippen LogP contribution < -0.4 is 10.5 Å². The van der Waals surface area contributed by atoms with E-state index in [0.717, 1.165) is 29.7 Å². The Morgan fingerprint density at radius 1 is 1.33 bits per heavy atom. The SMILES string of the molecule is Cc1nc(C2(C#Cc3ccc4c(c3)-c3nc(C(N)=O)sc3[C@](C)(O)CO4)CC2)no1. The molecule has 0 spiro atoms. The lowest BCUT2D eigenvalue weighted by Crippen LogP contribution is -2.27. The van der Waals surface area contributed by atoms with E-state index in [1.54, 1.807) is 19.9 Å². The molecule has 1 atom stereocenters. The third-order valence-corrected chi connectivity index (χ3v) is 6.55. The maximum absolute atomic E-state index is 11.7. The maximum atomic E-state index is 11.7. The Balaban J connectivity index is 1.57. The second kappa shape index (κ2) is 6.39. The van der Waals surface area contributed by atoms with Crippen molar-refractivity contribution in [2.75, 3.05) is 6.61 Å². The molecular weight excluding hydrogens is 404 g/mol. The number of hydrogen-bond donors (Lipinski definition) is 2. The molecule has 1 saturated carbocycles. The third-order valence-electron chi connectivity index (χ3n) is 5.22. The summed E-state index contributed by atoms with van der Waals surface area (Å²) in [4.78, 5) is 20.9. The van der Waals surface area contributed by atoms with Gasteiger partial charge in [-0.05, 0) is 38.0 Å². The molecule has 8 nitrogen and oxygen atoms in total. The van der Waals surface area contributed by atoms with Gasteiger partial charge in [-0.3, -0.25) is 4.79 Å². The van der Waals surface area contributed by atoms with Crippen molar-refractivity contribution >= 4 is 17.2 Å². The molecule has 0 unspecified atom stereocenters. The molecule has 9 heteroatoms. The summed E-state index contributed by atoms with van der Waals surface area (Å²) in [6.45, 7) is 3.43. The molecule has 1 aromatic carbocycles. The first kappa shape index (κ1) is 18.8. The first-order valence-corrected chi connectivity index (χ1v) is 10.2. The van der Waals surface area contributed by atoms with E-state index >= 15 is 0 Å². The van der Waals surface area contributed by atoms with Gasteiger partial charge in [-0.1, -0.05) is 17.0 Å². The van der Waals surface area contributed by atoms with Crippen LogP contribution in [0.3, 0.4) is 0 Å². The average molecular weight is 422 g/mol. The number of primary amides is 1. The quantitative estimate of drug-likeness (QED) is 0.607. The van der Waals surface area contributed by atoms with Gasteiger partial charge in [-0.25, -0.2) is 4.98 Å². The van der Waals surface area contributed by atoms with Crippen LogP contribution in [-0.2, 0) is 11.0 Å². The van der Waals surface area contributed by atoms with E-state index in [0.29, 0.717) is 33.6 Å². The number of aromatic nitrogens is 3. The average Bonchev–Trinajstić information content (AvgIpc) is 3.16. The number of amides is 1. The van der Waals surface area contributed by atoms with E-state index in [9.17, 15) is 9.90 Å². The smallest absolute Gasteiger partial charge is 0.277 e. The zero-order valence-electron chi connectivity index (χ0n) is 16.4. The highest BCUT2D eigenvalue weighted by Crippen LogP contribution is 2.46. The summed E-state index contributed by atoms with van der Waals surface area (Å²) in [5.74, 6) is 7.56. The number of nitrogens with zero attached hydrogens (tertiary/aromatic N) is 3. The number of rotatable bonds is 2. The minimum atomic E-state index is -1.29. The van der Waals surface area contributed by atoms with Crippen LogP contribution in [0.2, 0.25) is 0 Å². The summed E-state index contributed by atoms with van der Waals surface area (Å²) < 4.78 is 10.9. The Hall–Kier alpha value is -3.22. The molecule has 30 heavy (non-hydrogen) atoms. The first-order valence-electron chi connectivity index (χ1n) is 9.42. The highest BCUT2D eigenvalue weighted by Gasteiger charge is 2.47. The maximum Gasteiger partial charge on any atom is 0.277 e. The zero-order valence-corrected chi connectivity index (χ0v) is 17.2. The highest BCUT2D eigenvalue weighted by atomic mass is 32.1. The lowest BCUT2D eigenvalue weighted by Gasteiger charge is -2.19. The van der Waals surface area contributed by atoms with E-state index in [1.807, 2.05) is 12.1 Å². The Labute approximate surface area is 176 Å². The number of fused-ring (bicyclic) bond motifs is 3. The molecule has 1 aliphatic carbocycles. The normalized spacial score (nSPS) is 20.8. The molecule has 3 heterocycles. The summed E-state index contributed by atoms with van der Waals surface area (Å²) in [7, 11) is 0. The Bertz CT molecular complexity index is 1240. The predicted molar refractivity (Wildman–Crippen MR) is 108 cm³/mol. The molecule has 1 fully saturated rings. The van der Waals surface area contributed by atoms with Gasteiger partial charge in [0, 0.05) is 18.1 Å². The van der Waals surface area contributed by atoms with Crippen LogP contribution in [0.5, 0.6) is 5.75 Å². The van der Waals surface area contributed by atoms with Gasteiger partial charge in [-0.2, -0.15) is 4.98 Å². The largest absolute Gasteiger partial charge is 0.489 e. The van der Waals surface area contributed by atoms with Crippen LogP contribution in [0.15, 0.2) is 22.7 Å². The van der Waals surface area contributed by atoms with Crippen molar-refractivity contribution < 1.29 is 19.2 Å². The summed E-state index contributed by atoms with van der Waals surface area (Å²) in [5.41, 5.74) is 5.67. The zero-order chi connectivity index (χ0) is 21.1. The van der Waals surface area contributed by atoms with Crippen LogP contribution in [0, 0.1) is 18.8 Å². The molecule has 1 aliphatic heterocycles. The Morgan fingerprint density at radius 3 is 2.80 bits per heavy atom. The summed E-state index contributed by atoms with van der Waals surface area (Å²) in [6, 6.07) is 5.50. The van der Waals surface area contributed by atoms with Crippen molar-refractivity contribution in [3.63, 3.8) is 0 Å². The fraction of sp³-hybridized carbons (Fsp3) is 0.333. The van der Waals surface area contributed by atoms with E-state index < -0.39 is 11.5 Å². The molecule has 152 valence electrons. The fourth-order valence-corrected chi connectivity index (χ4v) is 4.35. The molecule has 1 amide bonds. The topological polar surface area (TPSA) is 124 Å². The molecule has 0 radical (unpaired) electrons.